The standard InChI is InChI=1S/C26H34N6OS/c1-19(18-32-15-13-27-14-16-32)31(5)26(34)28-20(2)23-11-6-7-12-24(23)29-25(33)21-9-8-10-22(17-21)30(3)4/h6-12,17,27H,1-2,13-16,18H2,3-5H3,(H,28,34)(H,29,33). The van der Waals surface area contributed by atoms with Gasteiger partial charge in [-0.25, -0.2) is 0 Å². The lowest BCUT2D eigenvalue weighted by Gasteiger charge is -2.31. The summed E-state index contributed by atoms with van der Waals surface area (Å²) in [6.45, 7) is 13.1. The van der Waals surface area contributed by atoms with Gasteiger partial charge in [0.2, 0.25) is 0 Å². The summed E-state index contributed by atoms with van der Waals surface area (Å²) < 4.78 is 0. The number of hydrogen-bond acceptors (Lipinski definition) is 5. The second-order valence-corrected chi connectivity index (χ2v) is 8.89. The number of rotatable bonds is 8. The van der Waals surface area contributed by atoms with Crippen molar-refractivity contribution in [2.75, 3.05) is 64.1 Å². The third-order valence-electron chi connectivity index (χ3n) is 5.78. The Morgan fingerprint density at radius 3 is 2.50 bits per heavy atom. The Labute approximate surface area is 208 Å². The van der Waals surface area contributed by atoms with Crippen molar-refractivity contribution in [3.8, 4) is 0 Å². The quantitative estimate of drug-likeness (QED) is 0.504. The Kier molecular flexibility index (Phi) is 8.81. The first-order chi connectivity index (χ1) is 16.3. The molecule has 0 unspecified atom stereocenters. The maximum Gasteiger partial charge on any atom is 0.255 e. The number of carbonyl (C=O) groups is 1. The molecule has 2 aromatic rings. The van der Waals surface area contributed by atoms with Gasteiger partial charge in [-0.3, -0.25) is 9.69 Å². The molecule has 1 fully saturated rings. The number of anilines is 2. The lowest BCUT2D eigenvalue weighted by molar-refractivity contribution is 0.102. The summed E-state index contributed by atoms with van der Waals surface area (Å²) in [6, 6.07) is 15.0. The van der Waals surface area contributed by atoms with Crippen LogP contribution in [0.2, 0.25) is 0 Å². The van der Waals surface area contributed by atoms with E-state index in [9.17, 15) is 4.79 Å². The van der Waals surface area contributed by atoms with Crippen molar-refractivity contribution < 1.29 is 4.79 Å². The number of nitrogens with zero attached hydrogens (tertiary/aromatic N) is 3. The van der Waals surface area contributed by atoms with Crippen molar-refractivity contribution in [1.82, 2.24) is 20.4 Å². The Hall–Kier alpha value is -3.20. The van der Waals surface area contributed by atoms with Gasteiger partial charge in [-0.2, -0.15) is 0 Å². The van der Waals surface area contributed by atoms with Crippen LogP contribution in [0.25, 0.3) is 5.70 Å². The summed E-state index contributed by atoms with van der Waals surface area (Å²) in [5.41, 5.74) is 4.48. The number of thiocarbonyl (C=S) groups is 1. The number of hydrogen-bond donors (Lipinski definition) is 3. The van der Waals surface area contributed by atoms with Crippen LogP contribution in [0.4, 0.5) is 11.4 Å². The second kappa shape index (κ2) is 11.8. The van der Waals surface area contributed by atoms with Gasteiger partial charge in [0.1, 0.15) is 0 Å². The summed E-state index contributed by atoms with van der Waals surface area (Å²) in [5, 5.41) is 10.1. The third kappa shape index (κ3) is 6.66. The number of benzene rings is 2. The van der Waals surface area contributed by atoms with E-state index < -0.39 is 0 Å². The number of likely N-dealkylation sites (N-methyl/N-ethyl adjacent to an activating group) is 1. The highest BCUT2D eigenvalue weighted by atomic mass is 32.1. The molecule has 0 atom stereocenters. The van der Waals surface area contributed by atoms with Crippen LogP contribution < -0.4 is 20.9 Å². The molecule has 34 heavy (non-hydrogen) atoms. The minimum Gasteiger partial charge on any atom is -0.378 e. The van der Waals surface area contributed by atoms with Crippen molar-refractivity contribution in [2.24, 2.45) is 0 Å². The molecule has 1 saturated heterocycles. The molecular formula is C26H34N6OS. The molecule has 1 aliphatic rings. The Balaban J connectivity index is 1.65. The number of carbonyl (C=O) groups excluding carboxylic acids is 1. The largest absolute Gasteiger partial charge is 0.378 e. The molecule has 1 amide bonds. The van der Waals surface area contributed by atoms with E-state index in [-0.39, 0.29) is 5.91 Å². The van der Waals surface area contributed by atoms with E-state index in [1.165, 1.54) is 0 Å². The van der Waals surface area contributed by atoms with E-state index in [1.54, 1.807) is 6.07 Å². The van der Waals surface area contributed by atoms with Crippen LogP contribution >= 0.6 is 12.2 Å². The van der Waals surface area contributed by atoms with E-state index in [4.69, 9.17) is 12.2 Å². The molecule has 0 bridgehead atoms. The highest BCUT2D eigenvalue weighted by molar-refractivity contribution is 7.80. The first kappa shape index (κ1) is 25.4. The molecule has 2 aromatic carbocycles. The molecule has 0 spiro atoms. The highest BCUT2D eigenvalue weighted by Crippen LogP contribution is 2.23. The van der Waals surface area contributed by atoms with Gasteiger partial charge in [0.25, 0.3) is 5.91 Å². The number of piperazine rings is 1. The molecule has 1 aliphatic heterocycles. The summed E-state index contributed by atoms with van der Waals surface area (Å²) in [4.78, 5) is 19.1. The summed E-state index contributed by atoms with van der Waals surface area (Å²) >= 11 is 5.61. The maximum absolute atomic E-state index is 12.9. The predicted octanol–water partition coefficient (Wildman–Crippen LogP) is 3.20. The average molecular weight is 479 g/mol. The van der Waals surface area contributed by atoms with Crippen molar-refractivity contribution in [3.05, 3.63) is 78.5 Å². The van der Waals surface area contributed by atoms with Gasteiger partial charge >= 0.3 is 0 Å². The molecule has 0 aromatic heterocycles. The zero-order valence-corrected chi connectivity index (χ0v) is 21.0. The Bertz CT molecular complexity index is 1060. The minimum absolute atomic E-state index is 0.187. The molecule has 1 heterocycles. The minimum atomic E-state index is -0.187. The van der Waals surface area contributed by atoms with Crippen LogP contribution in [0.1, 0.15) is 15.9 Å². The van der Waals surface area contributed by atoms with E-state index >= 15 is 0 Å². The normalized spacial score (nSPS) is 13.6. The van der Waals surface area contributed by atoms with Crippen LogP contribution in [0, 0.1) is 0 Å². The molecule has 0 radical (unpaired) electrons. The van der Waals surface area contributed by atoms with E-state index in [2.05, 4.69) is 34.0 Å². The van der Waals surface area contributed by atoms with Crippen molar-refractivity contribution >= 4 is 40.3 Å². The average Bonchev–Trinajstić information content (AvgIpc) is 2.84. The fourth-order valence-corrected chi connectivity index (χ4v) is 3.88. The number of para-hydroxylation sites is 1. The molecule has 3 rings (SSSR count). The smallest absolute Gasteiger partial charge is 0.255 e. The lowest BCUT2D eigenvalue weighted by atomic mass is 10.1. The Morgan fingerprint density at radius 1 is 1.09 bits per heavy atom. The highest BCUT2D eigenvalue weighted by Gasteiger charge is 2.17. The zero-order valence-electron chi connectivity index (χ0n) is 20.2. The second-order valence-electron chi connectivity index (χ2n) is 8.50. The van der Waals surface area contributed by atoms with E-state index in [0.29, 0.717) is 22.1 Å². The molecule has 0 aliphatic carbocycles. The van der Waals surface area contributed by atoms with Crippen molar-refractivity contribution in [3.63, 3.8) is 0 Å². The molecular weight excluding hydrogens is 444 g/mol. The first-order valence-electron chi connectivity index (χ1n) is 11.3. The first-order valence-corrected chi connectivity index (χ1v) is 11.7. The molecule has 7 nitrogen and oxygen atoms in total. The molecule has 8 heteroatoms. The topological polar surface area (TPSA) is 62.9 Å². The van der Waals surface area contributed by atoms with Crippen LogP contribution in [-0.4, -0.2) is 74.7 Å². The van der Waals surface area contributed by atoms with Crippen LogP contribution in [0.3, 0.4) is 0 Å². The van der Waals surface area contributed by atoms with Gasteiger partial charge in [0.15, 0.2) is 5.11 Å². The fraction of sp³-hybridized carbons (Fsp3) is 0.308. The molecule has 3 N–H and O–H groups in total. The number of nitrogens with one attached hydrogen (secondary N) is 3. The SMILES string of the molecule is C=C(NC(=S)N(C)C(=C)CN1CCNCC1)c1ccccc1NC(=O)c1cccc(N(C)C)c1. The summed E-state index contributed by atoms with van der Waals surface area (Å²) in [6.07, 6.45) is 0. The van der Waals surface area contributed by atoms with E-state index in [0.717, 1.165) is 49.7 Å². The summed E-state index contributed by atoms with van der Waals surface area (Å²) in [7, 11) is 5.79. The predicted molar refractivity (Wildman–Crippen MR) is 146 cm³/mol. The van der Waals surface area contributed by atoms with Gasteiger partial charge in [0, 0.05) is 82.1 Å². The van der Waals surface area contributed by atoms with Gasteiger partial charge in [-0.15, -0.1) is 0 Å². The molecule has 180 valence electrons. The van der Waals surface area contributed by atoms with Gasteiger partial charge in [-0.1, -0.05) is 37.4 Å². The van der Waals surface area contributed by atoms with E-state index in [1.807, 2.05) is 73.4 Å². The zero-order chi connectivity index (χ0) is 24.7. The van der Waals surface area contributed by atoms with Gasteiger partial charge < -0.3 is 25.8 Å². The fourth-order valence-electron chi connectivity index (χ4n) is 3.63. The van der Waals surface area contributed by atoms with Crippen LogP contribution in [-0.2, 0) is 0 Å². The Morgan fingerprint density at radius 2 is 1.79 bits per heavy atom. The monoisotopic (exact) mass is 478 g/mol. The van der Waals surface area contributed by atoms with Crippen molar-refractivity contribution in [2.45, 2.75) is 0 Å². The van der Waals surface area contributed by atoms with Crippen LogP contribution in [0.5, 0.6) is 0 Å². The molecule has 0 saturated carbocycles. The lowest BCUT2D eigenvalue weighted by Crippen LogP contribution is -2.46. The third-order valence-corrected chi connectivity index (χ3v) is 6.15. The number of amides is 1. The van der Waals surface area contributed by atoms with Gasteiger partial charge in [0.05, 0.1) is 5.69 Å². The van der Waals surface area contributed by atoms with Crippen LogP contribution in [0.15, 0.2) is 67.4 Å². The van der Waals surface area contributed by atoms with Gasteiger partial charge in [-0.05, 0) is 36.5 Å². The summed E-state index contributed by atoms with van der Waals surface area (Å²) in [5.74, 6) is -0.187. The van der Waals surface area contributed by atoms with Crippen molar-refractivity contribution in [1.29, 1.82) is 0 Å². The maximum atomic E-state index is 12.9.